The second kappa shape index (κ2) is 9.31. The fraction of sp³-hybridized carbons (Fsp3) is 0.733. The van der Waals surface area contributed by atoms with E-state index in [9.17, 15) is 0 Å². The maximum atomic E-state index is 6.84. The molecule has 192 valence electrons. The first kappa shape index (κ1) is 27.3. The van der Waals surface area contributed by atoms with E-state index >= 15 is 0 Å². The van der Waals surface area contributed by atoms with Gasteiger partial charge in [-0.1, -0.05) is 32.4 Å². The molecule has 2 atom stereocenters. The number of hydrogen-bond donors (Lipinski definition) is 0. The number of benzene rings is 1. The molecule has 1 aromatic rings. The summed E-state index contributed by atoms with van der Waals surface area (Å²) in [7, 11) is -1.91. The lowest BCUT2D eigenvalue weighted by molar-refractivity contribution is 0.0559. The number of ether oxygens (including phenoxy) is 2. The van der Waals surface area contributed by atoms with Crippen LogP contribution >= 0.6 is 0 Å². The van der Waals surface area contributed by atoms with Crippen LogP contribution < -0.4 is 9.16 Å². The lowest BCUT2D eigenvalue weighted by Gasteiger charge is -2.41. The molecule has 0 bridgehead atoms. The van der Waals surface area contributed by atoms with Crippen LogP contribution in [0.4, 0.5) is 0 Å². The molecule has 0 radical (unpaired) electrons. The molecule has 0 N–H and O–H groups in total. The molecule has 1 fully saturated rings. The summed E-state index contributed by atoms with van der Waals surface area (Å²) < 4.78 is 19.4. The summed E-state index contributed by atoms with van der Waals surface area (Å²) in [5.74, 6) is 2.22. The highest BCUT2D eigenvalue weighted by molar-refractivity contribution is 6.74. The Labute approximate surface area is 210 Å². The Balaban J connectivity index is 1.70. The molecule has 0 amide bonds. The average molecular weight is 487 g/mol. The Morgan fingerprint density at radius 3 is 2.26 bits per heavy atom. The van der Waals surface area contributed by atoms with E-state index in [0.717, 1.165) is 50.0 Å². The topological polar surface area (TPSA) is 31.0 Å². The van der Waals surface area contributed by atoms with Crippen molar-refractivity contribution in [3.63, 3.8) is 0 Å². The van der Waals surface area contributed by atoms with Crippen molar-refractivity contribution in [1.82, 2.24) is 0 Å². The second-order valence-electron chi connectivity index (χ2n) is 13.3. The number of rotatable bonds is 8. The first-order valence-electron chi connectivity index (χ1n) is 13.3. The zero-order chi connectivity index (χ0) is 25.7. The van der Waals surface area contributed by atoms with Crippen molar-refractivity contribution in [1.29, 1.82) is 0 Å². The Morgan fingerprint density at radius 1 is 1.09 bits per heavy atom. The molecule has 2 heterocycles. The second-order valence-corrected chi connectivity index (χ2v) is 18.0. The van der Waals surface area contributed by atoms with Crippen molar-refractivity contribution in [3.8, 4) is 11.5 Å². The first-order valence-corrected chi connectivity index (χ1v) is 16.2. The van der Waals surface area contributed by atoms with Gasteiger partial charge in [-0.05, 0) is 122 Å². The number of epoxide rings is 1. The summed E-state index contributed by atoms with van der Waals surface area (Å²) in [4.78, 5) is 0. The van der Waals surface area contributed by atoms with Gasteiger partial charge in [-0.3, -0.25) is 0 Å². The largest absolute Gasteiger partial charge is 0.543 e. The van der Waals surface area contributed by atoms with E-state index in [2.05, 4.69) is 88.4 Å². The zero-order valence-corrected chi connectivity index (χ0v) is 25.1. The highest BCUT2D eigenvalue weighted by atomic mass is 28.4. The Morgan fingerprint density at radius 2 is 1.71 bits per heavy atom. The average Bonchev–Trinajstić information content (AvgIpc) is 3.33. The van der Waals surface area contributed by atoms with E-state index in [1.54, 1.807) is 0 Å². The van der Waals surface area contributed by atoms with Crippen molar-refractivity contribution < 1.29 is 13.9 Å². The molecule has 1 unspecified atom stereocenters. The van der Waals surface area contributed by atoms with Crippen LogP contribution in [0, 0.1) is 20.8 Å². The number of hydrogen-bond acceptors (Lipinski definition) is 3. The minimum Gasteiger partial charge on any atom is -0.543 e. The molecule has 3 nitrogen and oxygen atoms in total. The van der Waals surface area contributed by atoms with Crippen LogP contribution in [-0.4, -0.2) is 25.6 Å². The van der Waals surface area contributed by atoms with Gasteiger partial charge in [-0.15, -0.1) is 0 Å². The summed E-state index contributed by atoms with van der Waals surface area (Å²) in [5.41, 5.74) is 6.59. The van der Waals surface area contributed by atoms with Gasteiger partial charge >= 0.3 is 0 Å². The van der Waals surface area contributed by atoms with E-state index in [0.29, 0.717) is 6.10 Å². The van der Waals surface area contributed by atoms with Crippen LogP contribution in [0.5, 0.6) is 11.5 Å². The maximum absolute atomic E-state index is 6.84. The molecule has 2 aliphatic heterocycles. The van der Waals surface area contributed by atoms with Crippen LogP contribution in [0.25, 0.3) is 0 Å². The fourth-order valence-corrected chi connectivity index (χ4v) is 5.97. The third kappa shape index (κ3) is 5.75. The van der Waals surface area contributed by atoms with Crippen LogP contribution in [0.2, 0.25) is 18.1 Å². The van der Waals surface area contributed by atoms with E-state index in [4.69, 9.17) is 13.9 Å². The molecule has 2 aliphatic rings. The summed E-state index contributed by atoms with van der Waals surface area (Å²) in [5, 5.41) is 0.179. The quantitative estimate of drug-likeness (QED) is 0.209. The van der Waals surface area contributed by atoms with E-state index < -0.39 is 8.32 Å². The summed E-state index contributed by atoms with van der Waals surface area (Å²) in [6, 6.07) is 0. The van der Waals surface area contributed by atoms with Crippen LogP contribution in [0.1, 0.15) is 103 Å². The predicted molar refractivity (Wildman–Crippen MR) is 147 cm³/mol. The van der Waals surface area contributed by atoms with E-state index in [-0.39, 0.29) is 16.2 Å². The van der Waals surface area contributed by atoms with E-state index in [1.165, 1.54) is 27.8 Å². The van der Waals surface area contributed by atoms with Gasteiger partial charge in [-0.25, -0.2) is 0 Å². The van der Waals surface area contributed by atoms with Crippen LogP contribution in [-0.2, 0) is 11.2 Å². The van der Waals surface area contributed by atoms with Gasteiger partial charge in [0.25, 0.3) is 8.32 Å². The van der Waals surface area contributed by atoms with Crippen molar-refractivity contribution in [2.24, 2.45) is 0 Å². The standard InChI is InChI=1S/C30H50O3Si/c1-20(15-16-25-29(8,9)31-25)14-13-18-30(10)19-17-24-23(4)26(21(2)22(3)27(24)32-30)33-34(11,12)28(5,6)7/h14,25H,13,15-19H2,1-12H3/b20-14+/t25?,30-/m0/s1. The van der Waals surface area contributed by atoms with Gasteiger partial charge in [0, 0.05) is 5.56 Å². The number of fused-ring (bicyclic) bond motifs is 1. The van der Waals surface area contributed by atoms with Crippen molar-refractivity contribution >= 4 is 8.32 Å². The SMILES string of the molecule is C/C(=C\CC[C@@]1(C)CCc2c(C)c(O[Si](C)(C)C(C)(C)C)c(C)c(C)c2O1)CCC1OC1(C)C. The van der Waals surface area contributed by atoms with Crippen molar-refractivity contribution in [2.75, 3.05) is 0 Å². The summed E-state index contributed by atoms with van der Waals surface area (Å²) >= 11 is 0. The molecule has 0 aliphatic carbocycles. The minimum atomic E-state index is -1.91. The Kier molecular flexibility index (Phi) is 7.49. The van der Waals surface area contributed by atoms with Crippen LogP contribution in [0.3, 0.4) is 0 Å². The van der Waals surface area contributed by atoms with Gasteiger partial charge in [0.05, 0.1) is 11.7 Å². The van der Waals surface area contributed by atoms with Gasteiger partial charge < -0.3 is 13.9 Å². The molecule has 1 saturated heterocycles. The van der Waals surface area contributed by atoms with Gasteiger partial charge in [0.1, 0.15) is 17.1 Å². The highest BCUT2D eigenvalue weighted by Gasteiger charge is 2.46. The summed E-state index contributed by atoms with van der Waals surface area (Å²) in [6.45, 7) is 27.2. The molecule has 0 spiro atoms. The van der Waals surface area contributed by atoms with Crippen LogP contribution in [0.15, 0.2) is 11.6 Å². The van der Waals surface area contributed by atoms with Gasteiger partial charge in [0.15, 0.2) is 0 Å². The molecular weight excluding hydrogens is 436 g/mol. The lowest BCUT2D eigenvalue weighted by atomic mass is 9.85. The number of allylic oxidation sites excluding steroid dienone is 2. The zero-order valence-electron chi connectivity index (χ0n) is 24.1. The van der Waals surface area contributed by atoms with Crippen molar-refractivity contribution in [3.05, 3.63) is 33.9 Å². The highest BCUT2D eigenvalue weighted by Crippen LogP contribution is 2.47. The Hall–Kier alpha value is -1.26. The smallest absolute Gasteiger partial charge is 0.250 e. The summed E-state index contributed by atoms with van der Waals surface area (Å²) in [6.07, 6.45) is 9.34. The molecule has 1 aromatic carbocycles. The molecule has 0 aromatic heterocycles. The third-order valence-corrected chi connectivity index (χ3v) is 13.2. The predicted octanol–water partition coefficient (Wildman–Crippen LogP) is 8.76. The fourth-order valence-electron chi connectivity index (χ4n) is 4.84. The minimum absolute atomic E-state index is 0.0980. The molecule has 34 heavy (non-hydrogen) atoms. The molecule has 3 rings (SSSR count). The first-order chi connectivity index (χ1) is 15.5. The van der Waals surface area contributed by atoms with Crippen molar-refractivity contribution in [2.45, 2.75) is 143 Å². The lowest BCUT2D eigenvalue weighted by Crippen LogP contribution is -2.44. The Bertz CT molecular complexity index is 951. The van der Waals surface area contributed by atoms with Gasteiger partial charge in [-0.2, -0.15) is 0 Å². The van der Waals surface area contributed by atoms with Gasteiger partial charge in [0.2, 0.25) is 0 Å². The third-order valence-electron chi connectivity index (χ3n) is 8.86. The monoisotopic (exact) mass is 486 g/mol. The molecule has 0 saturated carbocycles. The molecule has 4 heteroatoms. The maximum Gasteiger partial charge on any atom is 0.250 e. The normalized spacial score (nSPS) is 24.5. The van der Waals surface area contributed by atoms with E-state index in [1.807, 2.05) is 0 Å². The molecular formula is C30H50O3Si.